The standard InChI is InChI=1S/C14H17NO4S/c1-19-12(16)7-14(4-5-14)8-20-11-3-2-9(13(17)18)6-10(11)15/h2-3,6H,4-5,7-8,15H2,1H3,(H,17,18). The number of carbonyl (C=O) groups is 2. The number of anilines is 1. The van der Waals surface area contributed by atoms with Crippen LogP contribution in [-0.2, 0) is 9.53 Å². The van der Waals surface area contributed by atoms with Crippen LogP contribution in [-0.4, -0.2) is 29.9 Å². The number of esters is 1. The molecule has 0 heterocycles. The molecule has 0 amide bonds. The van der Waals surface area contributed by atoms with Gasteiger partial charge in [0.05, 0.1) is 19.1 Å². The predicted molar refractivity (Wildman–Crippen MR) is 76.8 cm³/mol. The fourth-order valence-electron chi connectivity index (χ4n) is 1.97. The minimum atomic E-state index is -0.988. The number of carboxylic acid groups (broad SMARTS) is 1. The smallest absolute Gasteiger partial charge is 0.335 e. The van der Waals surface area contributed by atoms with Crippen LogP contribution in [0.5, 0.6) is 0 Å². The van der Waals surface area contributed by atoms with Gasteiger partial charge in [-0.2, -0.15) is 0 Å². The highest BCUT2D eigenvalue weighted by atomic mass is 32.2. The number of ether oxygens (including phenoxy) is 1. The van der Waals surface area contributed by atoms with E-state index in [2.05, 4.69) is 0 Å². The van der Waals surface area contributed by atoms with Crippen molar-refractivity contribution in [2.24, 2.45) is 5.41 Å². The zero-order valence-electron chi connectivity index (χ0n) is 11.2. The number of nitrogen functional groups attached to an aromatic ring is 1. The summed E-state index contributed by atoms with van der Waals surface area (Å²) in [6, 6.07) is 4.73. The third-order valence-electron chi connectivity index (χ3n) is 3.49. The Kier molecular flexibility index (Phi) is 4.23. The van der Waals surface area contributed by atoms with Crippen molar-refractivity contribution in [3.63, 3.8) is 0 Å². The Balaban J connectivity index is 1.98. The Morgan fingerprint density at radius 2 is 2.15 bits per heavy atom. The van der Waals surface area contributed by atoms with Gasteiger partial charge in [-0.25, -0.2) is 4.79 Å². The minimum Gasteiger partial charge on any atom is -0.478 e. The average molecular weight is 295 g/mol. The maximum atomic E-state index is 11.3. The lowest BCUT2D eigenvalue weighted by Crippen LogP contribution is -2.13. The van der Waals surface area contributed by atoms with Gasteiger partial charge in [0, 0.05) is 16.3 Å². The van der Waals surface area contributed by atoms with Crippen LogP contribution in [0.3, 0.4) is 0 Å². The lowest BCUT2D eigenvalue weighted by Gasteiger charge is -2.14. The summed E-state index contributed by atoms with van der Waals surface area (Å²) in [7, 11) is 1.40. The Labute approximate surface area is 121 Å². The fourth-order valence-corrected chi connectivity index (χ4v) is 3.21. The van der Waals surface area contributed by atoms with Crippen LogP contribution in [0.4, 0.5) is 5.69 Å². The molecule has 0 atom stereocenters. The molecule has 6 heteroatoms. The van der Waals surface area contributed by atoms with Crippen LogP contribution in [0.1, 0.15) is 29.6 Å². The van der Waals surface area contributed by atoms with Crippen LogP contribution in [0.15, 0.2) is 23.1 Å². The highest BCUT2D eigenvalue weighted by molar-refractivity contribution is 7.99. The quantitative estimate of drug-likeness (QED) is 0.476. The van der Waals surface area contributed by atoms with Crippen molar-refractivity contribution in [1.82, 2.24) is 0 Å². The van der Waals surface area contributed by atoms with Gasteiger partial charge in [0.2, 0.25) is 0 Å². The van der Waals surface area contributed by atoms with Crippen molar-refractivity contribution in [3.8, 4) is 0 Å². The third kappa shape index (κ3) is 3.45. The Bertz CT molecular complexity index is 540. The maximum absolute atomic E-state index is 11.3. The Morgan fingerprint density at radius 1 is 1.45 bits per heavy atom. The van der Waals surface area contributed by atoms with Crippen LogP contribution < -0.4 is 5.73 Å². The molecule has 1 saturated carbocycles. The molecular formula is C14H17NO4S. The third-order valence-corrected chi connectivity index (χ3v) is 4.93. The molecule has 1 aromatic rings. The van der Waals surface area contributed by atoms with Crippen molar-refractivity contribution in [2.75, 3.05) is 18.6 Å². The monoisotopic (exact) mass is 295 g/mol. The van der Waals surface area contributed by atoms with Crippen molar-refractivity contribution < 1.29 is 19.4 Å². The van der Waals surface area contributed by atoms with Crippen LogP contribution >= 0.6 is 11.8 Å². The second-order valence-electron chi connectivity index (χ2n) is 5.10. The number of nitrogens with two attached hydrogens (primary N) is 1. The molecule has 0 bridgehead atoms. The second-order valence-corrected chi connectivity index (χ2v) is 6.12. The van der Waals surface area contributed by atoms with E-state index in [0.717, 1.165) is 23.5 Å². The van der Waals surface area contributed by atoms with E-state index in [1.807, 2.05) is 0 Å². The normalized spacial score (nSPS) is 15.7. The first-order chi connectivity index (χ1) is 9.46. The Hall–Kier alpha value is -1.69. The number of hydrogen-bond acceptors (Lipinski definition) is 5. The number of carbonyl (C=O) groups excluding carboxylic acids is 1. The summed E-state index contributed by atoms with van der Waals surface area (Å²) in [6.45, 7) is 0. The molecule has 5 nitrogen and oxygen atoms in total. The zero-order valence-corrected chi connectivity index (χ0v) is 12.0. The molecule has 0 saturated heterocycles. The molecule has 0 radical (unpaired) electrons. The summed E-state index contributed by atoms with van der Waals surface area (Å²) in [4.78, 5) is 23.0. The van der Waals surface area contributed by atoms with Crippen LogP contribution in [0.25, 0.3) is 0 Å². The summed E-state index contributed by atoms with van der Waals surface area (Å²) in [6.07, 6.45) is 2.47. The van der Waals surface area contributed by atoms with Gasteiger partial charge in [-0.1, -0.05) is 0 Å². The highest BCUT2D eigenvalue weighted by Crippen LogP contribution is 2.52. The van der Waals surface area contributed by atoms with Crippen LogP contribution in [0, 0.1) is 5.41 Å². The van der Waals surface area contributed by atoms with Crippen molar-refractivity contribution in [3.05, 3.63) is 23.8 Å². The first-order valence-electron chi connectivity index (χ1n) is 6.28. The molecular weight excluding hydrogens is 278 g/mol. The number of thioether (sulfide) groups is 1. The topological polar surface area (TPSA) is 89.6 Å². The van der Waals surface area contributed by atoms with E-state index in [1.54, 1.807) is 23.9 Å². The van der Waals surface area contributed by atoms with E-state index in [4.69, 9.17) is 15.6 Å². The molecule has 1 aliphatic rings. The van der Waals surface area contributed by atoms with Gasteiger partial charge >= 0.3 is 11.9 Å². The van der Waals surface area contributed by atoms with Gasteiger partial charge in [0.25, 0.3) is 0 Å². The van der Waals surface area contributed by atoms with E-state index in [-0.39, 0.29) is 16.9 Å². The molecule has 20 heavy (non-hydrogen) atoms. The summed E-state index contributed by atoms with van der Waals surface area (Å²) < 4.78 is 4.71. The number of hydrogen-bond donors (Lipinski definition) is 2. The number of aromatic carboxylic acids is 1. The summed E-state index contributed by atoms with van der Waals surface area (Å²) in [5.74, 6) is -0.381. The number of rotatable bonds is 6. The molecule has 1 fully saturated rings. The lowest BCUT2D eigenvalue weighted by atomic mass is 10.1. The van der Waals surface area contributed by atoms with Gasteiger partial charge in [-0.05, 0) is 36.5 Å². The fraction of sp³-hybridized carbons (Fsp3) is 0.429. The predicted octanol–water partition coefficient (Wildman–Crippen LogP) is 2.40. The molecule has 1 aromatic carbocycles. The van der Waals surface area contributed by atoms with Crippen molar-refractivity contribution >= 4 is 29.4 Å². The van der Waals surface area contributed by atoms with Gasteiger partial charge in [-0.3, -0.25) is 4.79 Å². The summed E-state index contributed by atoms with van der Waals surface area (Å²) in [5.41, 5.74) is 6.53. The average Bonchev–Trinajstić information content (AvgIpc) is 3.17. The summed E-state index contributed by atoms with van der Waals surface area (Å²) in [5, 5.41) is 8.88. The van der Waals surface area contributed by atoms with Crippen molar-refractivity contribution in [2.45, 2.75) is 24.2 Å². The molecule has 0 spiro atoms. The maximum Gasteiger partial charge on any atom is 0.335 e. The van der Waals surface area contributed by atoms with E-state index in [0.29, 0.717) is 12.1 Å². The lowest BCUT2D eigenvalue weighted by molar-refractivity contribution is -0.141. The number of methoxy groups -OCH3 is 1. The largest absolute Gasteiger partial charge is 0.478 e. The van der Waals surface area contributed by atoms with Gasteiger partial charge in [0.1, 0.15) is 0 Å². The molecule has 0 aromatic heterocycles. The number of carboxylic acids is 1. The first-order valence-corrected chi connectivity index (χ1v) is 7.27. The zero-order chi connectivity index (χ0) is 14.8. The molecule has 3 N–H and O–H groups in total. The highest BCUT2D eigenvalue weighted by Gasteiger charge is 2.44. The van der Waals surface area contributed by atoms with Crippen LogP contribution in [0.2, 0.25) is 0 Å². The van der Waals surface area contributed by atoms with E-state index in [1.165, 1.54) is 13.2 Å². The van der Waals surface area contributed by atoms with E-state index in [9.17, 15) is 9.59 Å². The van der Waals surface area contributed by atoms with E-state index < -0.39 is 5.97 Å². The van der Waals surface area contributed by atoms with Gasteiger partial charge < -0.3 is 15.6 Å². The molecule has 2 rings (SSSR count). The van der Waals surface area contributed by atoms with Crippen molar-refractivity contribution in [1.29, 1.82) is 0 Å². The number of benzene rings is 1. The van der Waals surface area contributed by atoms with E-state index >= 15 is 0 Å². The molecule has 108 valence electrons. The Morgan fingerprint density at radius 3 is 2.65 bits per heavy atom. The summed E-state index contributed by atoms with van der Waals surface area (Å²) >= 11 is 1.56. The van der Waals surface area contributed by atoms with Gasteiger partial charge in [-0.15, -0.1) is 11.8 Å². The second kappa shape index (κ2) is 5.75. The SMILES string of the molecule is COC(=O)CC1(CSc2ccc(C(=O)O)cc2N)CC1. The molecule has 0 unspecified atom stereocenters. The minimum absolute atomic E-state index is 0.0235. The molecule has 0 aliphatic heterocycles. The first kappa shape index (κ1) is 14.7. The van der Waals surface area contributed by atoms with Gasteiger partial charge in [0.15, 0.2) is 0 Å². The molecule has 1 aliphatic carbocycles.